The first-order valence-corrected chi connectivity index (χ1v) is 8.78. The van der Waals surface area contributed by atoms with E-state index in [0.29, 0.717) is 18.9 Å². The number of carbonyl (C=O) groups excluding carboxylic acids is 1. The Kier molecular flexibility index (Phi) is 8.71. The molecule has 112 valence electrons. The topological polar surface area (TPSA) is 29.5 Å². The molecule has 1 fully saturated rings. The molecule has 1 aliphatic heterocycles. The summed E-state index contributed by atoms with van der Waals surface area (Å²) in [4.78, 5) is 14.2. The molecule has 1 amide bonds. The van der Waals surface area contributed by atoms with Crippen molar-refractivity contribution in [2.45, 2.75) is 70.9 Å². The average Bonchev–Trinajstić information content (AvgIpc) is 2.43. The molecule has 0 aromatic carbocycles. The Hall–Kier alpha value is -0.0900. The van der Waals surface area contributed by atoms with Crippen LogP contribution in [0.2, 0.25) is 0 Å². The van der Waals surface area contributed by atoms with Crippen molar-refractivity contribution in [3.63, 3.8) is 0 Å². The third kappa shape index (κ3) is 6.26. The van der Waals surface area contributed by atoms with E-state index >= 15 is 0 Å². The molecule has 0 saturated carbocycles. The standard InChI is InChI=1S/C15H28BrNO2/c1-3-4-5-6-7-8-9-15(18)17-11-14(10-16)19-12-13(17)2/h13-14H,3-12H2,1-2H3. The number of amides is 1. The number of alkyl halides is 1. The first-order valence-electron chi connectivity index (χ1n) is 7.66. The van der Waals surface area contributed by atoms with E-state index in [1.165, 1.54) is 32.1 Å². The smallest absolute Gasteiger partial charge is 0.222 e. The summed E-state index contributed by atoms with van der Waals surface area (Å²) in [6.07, 6.45) is 8.25. The van der Waals surface area contributed by atoms with E-state index < -0.39 is 0 Å². The first kappa shape index (κ1) is 17.0. The number of carbonyl (C=O) groups is 1. The maximum Gasteiger partial charge on any atom is 0.222 e. The summed E-state index contributed by atoms with van der Waals surface area (Å²) < 4.78 is 5.65. The average molecular weight is 334 g/mol. The van der Waals surface area contributed by atoms with Gasteiger partial charge in [-0.15, -0.1) is 0 Å². The summed E-state index contributed by atoms with van der Waals surface area (Å²) in [6, 6.07) is 0.225. The van der Waals surface area contributed by atoms with Crippen LogP contribution >= 0.6 is 15.9 Å². The molecule has 1 saturated heterocycles. The van der Waals surface area contributed by atoms with Crippen molar-refractivity contribution in [2.24, 2.45) is 0 Å². The molecule has 2 atom stereocenters. The summed E-state index contributed by atoms with van der Waals surface area (Å²) in [7, 11) is 0. The van der Waals surface area contributed by atoms with Crippen molar-refractivity contribution < 1.29 is 9.53 Å². The normalized spacial score (nSPS) is 23.6. The van der Waals surface area contributed by atoms with Gasteiger partial charge in [0.25, 0.3) is 0 Å². The maximum absolute atomic E-state index is 12.2. The van der Waals surface area contributed by atoms with Crippen molar-refractivity contribution in [2.75, 3.05) is 18.5 Å². The number of nitrogens with zero attached hydrogens (tertiary/aromatic N) is 1. The van der Waals surface area contributed by atoms with Crippen molar-refractivity contribution in [3.05, 3.63) is 0 Å². The number of ether oxygens (including phenoxy) is 1. The Morgan fingerprint density at radius 3 is 2.63 bits per heavy atom. The lowest BCUT2D eigenvalue weighted by molar-refractivity contribution is -0.143. The van der Waals surface area contributed by atoms with Crippen molar-refractivity contribution in [1.82, 2.24) is 4.90 Å². The highest BCUT2D eigenvalue weighted by molar-refractivity contribution is 9.09. The van der Waals surface area contributed by atoms with E-state index in [2.05, 4.69) is 29.8 Å². The number of rotatable bonds is 8. The second-order valence-electron chi connectivity index (χ2n) is 5.52. The minimum atomic E-state index is 0.157. The highest BCUT2D eigenvalue weighted by atomic mass is 79.9. The van der Waals surface area contributed by atoms with Gasteiger partial charge in [-0.1, -0.05) is 55.0 Å². The van der Waals surface area contributed by atoms with Gasteiger partial charge < -0.3 is 9.64 Å². The summed E-state index contributed by atoms with van der Waals surface area (Å²) in [5, 5.41) is 0.806. The molecule has 3 nitrogen and oxygen atoms in total. The summed E-state index contributed by atoms with van der Waals surface area (Å²) in [6.45, 7) is 5.70. The van der Waals surface area contributed by atoms with Crippen LogP contribution in [0.3, 0.4) is 0 Å². The zero-order valence-corrected chi connectivity index (χ0v) is 14.0. The molecule has 1 rings (SSSR count). The Morgan fingerprint density at radius 1 is 1.26 bits per heavy atom. The minimum Gasteiger partial charge on any atom is -0.373 e. The van der Waals surface area contributed by atoms with Crippen LogP contribution in [0.1, 0.15) is 58.8 Å². The number of hydrogen-bond acceptors (Lipinski definition) is 2. The second-order valence-corrected chi connectivity index (χ2v) is 6.17. The lowest BCUT2D eigenvalue weighted by Crippen LogP contribution is -2.51. The van der Waals surface area contributed by atoms with Gasteiger partial charge >= 0.3 is 0 Å². The van der Waals surface area contributed by atoms with E-state index in [1.807, 2.05) is 4.90 Å². The third-order valence-corrected chi connectivity index (χ3v) is 4.46. The molecule has 0 aromatic rings. The predicted molar refractivity (Wildman–Crippen MR) is 82.7 cm³/mol. The molecular formula is C15H28BrNO2. The molecule has 0 spiro atoms. The molecule has 1 heterocycles. The SMILES string of the molecule is CCCCCCCCC(=O)N1CC(CBr)OCC1C. The van der Waals surface area contributed by atoms with Gasteiger partial charge in [0, 0.05) is 18.3 Å². The molecule has 19 heavy (non-hydrogen) atoms. The lowest BCUT2D eigenvalue weighted by atomic mass is 10.1. The quantitative estimate of drug-likeness (QED) is 0.500. The van der Waals surface area contributed by atoms with Crippen LogP contribution in [-0.4, -0.2) is 41.4 Å². The third-order valence-electron chi connectivity index (χ3n) is 3.74. The minimum absolute atomic E-state index is 0.157. The monoisotopic (exact) mass is 333 g/mol. The number of unbranched alkanes of at least 4 members (excludes halogenated alkanes) is 5. The molecule has 1 aliphatic rings. The maximum atomic E-state index is 12.2. The van der Waals surface area contributed by atoms with Crippen LogP contribution < -0.4 is 0 Å². The molecule has 2 unspecified atom stereocenters. The van der Waals surface area contributed by atoms with Gasteiger partial charge in [-0.05, 0) is 13.3 Å². The molecule has 0 aromatic heterocycles. The van der Waals surface area contributed by atoms with Crippen LogP contribution in [-0.2, 0) is 9.53 Å². The Labute approximate surface area is 126 Å². The molecule has 0 bridgehead atoms. The van der Waals surface area contributed by atoms with Gasteiger partial charge in [0.1, 0.15) is 0 Å². The van der Waals surface area contributed by atoms with Crippen LogP contribution in [0.25, 0.3) is 0 Å². The van der Waals surface area contributed by atoms with Crippen LogP contribution in [0.15, 0.2) is 0 Å². The van der Waals surface area contributed by atoms with Gasteiger partial charge in [-0.25, -0.2) is 0 Å². The van der Waals surface area contributed by atoms with E-state index in [0.717, 1.165) is 18.3 Å². The fourth-order valence-corrected chi connectivity index (χ4v) is 2.85. The van der Waals surface area contributed by atoms with Crippen molar-refractivity contribution >= 4 is 21.8 Å². The zero-order valence-electron chi connectivity index (χ0n) is 12.4. The molecule has 0 aliphatic carbocycles. The number of halogens is 1. The van der Waals surface area contributed by atoms with Gasteiger partial charge in [0.2, 0.25) is 5.91 Å². The largest absolute Gasteiger partial charge is 0.373 e. The Bertz CT molecular complexity index is 261. The van der Waals surface area contributed by atoms with Gasteiger partial charge in [0.05, 0.1) is 18.8 Å². The van der Waals surface area contributed by atoms with Crippen LogP contribution in [0, 0.1) is 0 Å². The van der Waals surface area contributed by atoms with E-state index in [9.17, 15) is 4.79 Å². The van der Waals surface area contributed by atoms with E-state index in [4.69, 9.17) is 4.74 Å². The van der Waals surface area contributed by atoms with Crippen LogP contribution in [0.4, 0.5) is 0 Å². The lowest BCUT2D eigenvalue weighted by Gasteiger charge is -2.37. The number of morpholine rings is 1. The summed E-state index contributed by atoms with van der Waals surface area (Å²) in [5.74, 6) is 0.303. The van der Waals surface area contributed by atoms with Crippen molar-refractivity contribution in [1.29, 1.82) is 0 Å². The molecular weight excluding hydrogens is 306 g/mol. The van der Waals surface area contributed by atoms with Crippen molar-refractivity contribution in [3.8, 4) is 0 Å². The van der Waals surface area contributed by atoms with E-state index in [1.54, 1.807) is 0 Å². The number of hydrogen-bond donors (Lipinski definition) is 0. The van der Waals surface area contributed by atoms with Gasteiger partial charge in [0.15, 0.2) is 0 Å². The van der Waals surface area contributed by atoms with E-state index in [-0.39, 0.29) is 12.1 Å². The zero-order chi connectivity index (χ0) is 14.1. The first-order chi connectivity index (χ1) is 9.19. The predicted octanol–water partition coefficient (Wildman–Crippen LogP) is 3.75. The molecule has 0 radical (unpaired) electrons. The highest BCUT2D eigenvalue weighted by Crippen LogP contribution is 2.16. The molecule has 0 N–H and O–H groups in total. The Morgan fingerprint density at radius 2 is 1.95 bits per heavy atom. The summed E-state index contributed by atoms with van der Waals surface area (Å²) in [5.41, 5.74) is 0. The Balaban J connectivity index is 2.20. The van der Waals surface area contributed by atoms with Gasteiger partial charge in [-0.3, -0.25) is 4.79 Å². The fourth-order valence-electron chi connectivity index (χ4n) is 2.46. The molecule has 4 heteroatoms. The van der Waals surface area contributed by atoms with Gasteiger partial charge in [-0.2, -0.15) is 0 Å². The van der Waals surface area contributed by atoms with Crippen LogP contribution in [0.5, 0.6) is 0 Å². The summed E-state index contributed by atoms with van der Waals surface area (Å²) >= 11 is 3.43. The highest BCUT2D eigenvalue weighted by Gasteiger charge is 2.28. The fraction of sp³-hybridized carbons (Fsp3) is 0.933. The second kappa shape index (κ2) is 9.76.